The monoisotopic (exact) mass is 618 g/mol. The molecule has 0 aliphatic heterocycles. The molecule has 0 aliphatic rings. The van der Waals surface area contributed by atoms with Gasteiger partial charge in [0.25, 0.3) is 0 Å². The number of amides is 1. The molecule has 0 heterocycles. The molecule has 0 atom stereocenters. The number of nitrogens with zero attached hydrogens (tertiary/aromatic N) is 1. The number of rotatable bonds is 10. The Hall–Kier alpha value is -3.43. The van der Waals surface area contributed by atoms with Crippen LogP contribution in [0.25, 0.3) is 0 Å². The Kier molecular flexibility index (Phi) is 20.6. The standard InChI is InChI=1S/C16H24FNO.C11H9F6N.C6H12/c1-5-8-9-15(16(18)19)13(10-12(4)6-2)11-14(17)7-3;1-6(18-2)7-3-8(10(12,13)14)5-9(4-7)11(15,16)17;1-3-5-6-4-2/h7,9-11H,5-6,8H2,1-4H3,(H2,18,19);3-5H,1-2H3;3,5H,4,6H2,1-2H3/b12-10?,13-11+,14-7+,15-9+;;5-3+. The second kappa shape index (κ2) is 21.3. The zero-order chi connectivity index (χ0) is 33.8. The van der Waals surface area contributed by atoms with Gasteiger partial charge in [-0.3, -0.25) is 9.79 Å². The number of hydrogen-bond donors (Lipinski definition) is 1. The molecule has 3 nitrogen and oxygen atoms in total. The quantitative estimate of drug-likeness (QED) is 0.0916. The maximum atomic E-state index is 13.5. The van der Waals surface area contributed by atoms with Crippen molar-refractivity contribution in [2.24, 2.45) is 10.7 Å². The molecule has 43 heavy (non-hydrogen) atoms. The highest BCUT2D eigenvalue weighted by Crippen LogP contribution is 2.36. The van der Waals surface area contributed by atoms with Crippen molar-refractivity contribution < 1.29 is 35.5 Å². The number of benzene rings is 1. The van der Waals surface area contributed by atoms with Gasteiger partial charge in [0.2, 0.25) is 5.91 Å². The summed E-state index contributed by atoms with van der Waals surface area (Å²) in [6.45, 7) is 13.2. The lowest BCUT2D eigenvalue weighted by molar-refractivity contribution is -0.143. The van der Waals surface area contributed by atoms with Crippen molar-refractivity contribution in [2.75, 3.05) is 7.05 Å². The fourth-order valence-corrected chi connectivity index (χ4v) is 3.07. The van der Waals surface area contributed by atoms with Gasteiger partial charge in [-0.05, 0) is 82.4 Å². The van der Waals surface area contributed by atoms with Crippen LogP contribution in [0.15, 0.2) is 82.2 Å². The van der Waals surface area contributed by atoms with E-state index in [0.29, 0.717) is 23.3 Å². The number of alkyl halides is 6. The van der Waals surface area contributed by atoms with E-state index in [2.05, 4.69) is 31.0 Å². The zero-order valence-electron chi connectivity index (χ0n) is 26.3. The third-order valence-electron chi connectivity index (χ3n) is 5.77. The fraction of sp³-hybridized carbons (Fsp3) is 0.455. The van der Waals surface area contributed by atoms with E-state index >= 15 is 0 Å². The number of carbonyl (C=O) groups is 1. The number of primary amides is 1. The van der Waals surface area contributed by atoms with Crippen LogP contribution >= 0.6 is 0 Å². The van der Waals surface area contributed by atoms with Gasteiger partial charge in [0.15, 0.2) is 0 Å². The zero-order valence-corrected chi connectivity index (χ0v) is 26.3. The minimum absolute atomic E-state index is 0.0897. The molecular formula is C33H45F7N2O. The van der Waals surface area contributed by atoms with Gasteiger partial charge >= 0.3 is 12.4 Å². The maximum absolute atomic E-state index is 13.5. The van der Waals surface area contributed by atoms with Crippen molar-refractivity contribution in [1.29, 1.82) is 0 Å². The minimum atomic E-state index is -4.83. The van der Waals surface area contributed by atoms with Crippen molar-refractivity contribution in [3.05, 3.63) is 93.9 Å². The molecule has 1 rings (SSSR count). The molecule has 10 heteroatoms. The van der Waals surface area contributed by atoms with Crippen LogP contribution in [0.4, 0.5) is 30.7 Å². The van der Waals surface area contributed by atoms with E-state index in [0.717, 1.165) is 24.8 Å². The molecule has 2 N–H and O–H groups in total. The SMILES string of the molecule is C/C=C/CCC.CN=C(C)c1cc(C(F)(F)F)cc(C(F)(F)F)c1.C\C=C(F)/C=C(C=C(C)CC)/C(=C\CCC)C(N)=O. The molecule has 0 unspecified atom stereocenters. The first-order valence-electron chi connectivity index (χ1n) is 14.0. The molecule has 0 aromatic heterocycles. The summed E-state index contributed by atoms with van der Waals surface area (Å²) in [6.07, 6.45) is 5.90. The smallest absolute Gasteiger partial charge is 0.366 e. The summed E-state index contributed by atoms with van der Waals surface area (Å²) < 4.78 is 88.4. The van der Waals surface area contributed by atoms with Crippen LogP contribution in [0.2, 0.25) is 0 Å². The molecule has 0 spiro atoms. The molecule has 0 saturated heterocycles. The Labute approximate surface area is 251 Å². The van der Waals surface area contributed by atoms with Crippen molar-refractivity contribution in [1.82, 2.24) is 0 Å². The average Bonchev–Trinajstić information content (AvgIpc) is 2.94. The van der Waals surface area contributed by atoms with E-state index in [-0.39, 0.29) is 23.2 Å². The second-order valence-corrected chi connectivity index (χ2v) is 9.35. The van der Waals surface area contributed by atoms with E-state index in [1.54, 1.807) is 13.0 Å². The van der Waals surface area contributed by atoms with Gasteiger partial charge in [0.1, 0.15) is 5.83 Å². The number of halogens is 7. The summed E-state index contributed by atoms with van der Waals surface area (Å²) >= 11 is 0. The Bertz CT molecular complexity index is 1150. The summed E-state index contributed by atoms with van der Waals surface area (Å²) in [5.41, 5.74) is 4.61. The maximum Gasteiger partial charge on any atom is 0.416 e. The summed E-state index contributed by atoms with van der Waals surface area (Å²) in [5.74, 6) is -0.900. The van der Waals surface area contributed by atoms with Crippen LogP contribution in [0.3, 0.4) is 0 Å². The molecule has 0 radical (unpaired) electrons. The first-order valence-corrected chi connectivity index (χ1v) is 14.0. The van der Waals surface area contributed by atoms with Gasteiger partial charge < -0.3 is 5.73 Å². The average molecular weight is 619 g/mol. The predicted octanol–water partition coefficient (Wildman–Crippen LogP) is 10.9. The molecule has 0 fully saturated rings. The molecule has 1 aromatic rings. The molecule has 0 saturated carbocycles. The lowest BCUT2D eigenvalue weighted by Gasteiger charge is -2.14. The third kappa shape index (κ3) is 18.0. The van der Waals surface area contributed by atoms with Crippen LogP contribution in [-0.2, 0) is 17.1 Å². The topological polar surface area (TPSA) is 55.4 Å². The molecule has 1 amide bonds. The number of carbonyl (C=O) groups excluding carboxylic acids is 1. The highest BCUT2D eigenvalue weighted by atomic mass is 19.4. The van der Waals surface area contributed by atoms with Crippen molar-refractivity contribution >= 4 is 11.6 Å². The number of nitrogens with two attached hydrogens (primary N) is 1. The summed E-state index contributed by atoms with van der Waals surface area (Å²) in [4.78, 5) is 15.1. The van der Waals surface area contributed by atoms with Gasteiger partial charge in [-0.2, -0.15) is 26.3 Å². The van der Waals surface area contributed by atoms with Crippen LogP contribution in [0, 0.1) is 0 Å². The molecular weight excluding hydrogens is 573 g/mol. The van der Waals surface area contributed by atoms with Crippen molar-refractivity contribution in [3.8, 4) is 0 Å². The van der Waals surface area contributed by atoms with Crippen LogP contribution in [-0.4, -0.2) is 18.7 Å². The second-order valence-electron chi connectivity index (χ2n) is 9.35. The fourth-order valence-electron chi connectivity index (χ4n) is 3.07. The van der Waals surface area contributed by atoms with Crippen LogP contribution in [0.1, 0.15) is 97.3 Å². The number of unbranched alkanes of at least 4 members (excludes halogenated alkanes) is 2. The Morgan fingerprint density at radius 1 is 0.884 bits per heavy atom. The Balaban J connectivity index is 0. The molecule has 1 aromatic carbocycles. The minimum Gasteiger partial charge on any atom is -0.366 e. The van der Waals surface area contributed by atoms with E-state index in [1.807, 2.05) is 26.8 Å². The van der Waals surface area contributed by atoms with E-state index in [1.165, 1.54) is 39.0 Å². The summed E-state index contributed by atoms with van der Waals surface area (Å²) in [6, 6.07) is 1.39. The van der Waals surface area contributed by atoms with E-state index in [9.17, 15) is 35.5 Å². The Morgan fingerprint density at radius 3 is 1.72 bits per heavy atom. The van der Waals surface area contributed by atoms with Crippen molar-refractivity contribution in [3.63, 3.8) is 0 Å². The van der Waals surface area contributed by atoms with E-state index < -0.39 is 29.4 Å². The van der Waals surface area contributed by atoms with Gasteiger partial charge in [-0.15, -0.1) is 0 Å². The molecule has 0 aliphatic carbocycles. The first kappa shape index (κ1) is 41.7. The normalized spacial score (nSPS) is 13.8. The largest absolute Gasteiger partial charge is 0.416 e. The number of aliphatic imine (C=N–C) groups is 1. The lowest BCUT2D eigenvalue weighted by Crippen LogP contribution is -2.15. The Morgan fingerprint density at radius 2 is 1.40 bits per heavy atom. The first-order chi connectivity index (χ1) is 19.9. The molecule has 242 valence electrons. The lowest BCUT2D eigenvalue weighted by atomic mass is 9.99. The predicted molar refractivity (Wildman–Crippen MR) is 163 cm³/mol. The van der Waals surface area contributed by atoms with Gasteiger partial charge in [-0.1, -0.05) is 69.6 Å². The summed E-state index contributed by atoms with van der Waals surface area (Å²) in [5, 5.41) is 0. The van der Waals surface area contributed by atoms with Crippen molar-refractivity contribution in [2.45, 2.75) is 92.9 Å². The van der Waals surface area contributed by atoms with E-state index in [4.69, 9.17) is 5.73 Å². The highest BCUT2D eigenvalue weighted by molar-refractivity contribution is 5.99. The van der Waals surface area contributed by atoms with Gasteiger partial charge in [-0.25, -0.2) is 4.39 Å². The molecule has 0 bridgehead atoms. The summed E-state index contributed by atoms with van der Waals surface area (Å²) in [7, 11) is 1.29. The van der Waals surface area contributed by atoms with Gasteiger partial charge in [0, 0.05) is 18.3 Å². The van der Waals surface area contributed by atoms with Crippen LogP contribution < -0.4 is 5.73 Å². The van der Waals surface area contributed by atoms with Gasteiger partial charge in [0.05, 0.1) is 11.1 Å². The number of hydrogen-bond acceptors (Lipinski definition) is 2. The number of allylic oxidation sites excluding steroid dienone is 8. The third-order valence-corrected chi connectivity index (χ3v) is 5.77. The highest BCUT2D eigenvalue weighted by Gasteiger charge is 2.37. The van der Waals surface area contributed by atoms with Crippen LogP contribution in [0.5, 0.6) is 0 Å².